The maximum atomic E-state index is 12.5. The molecule has 2 N–H and O–H groups in total. The quantitative estimate of drug-likeness (QED) is 0.417. The van der Waals surface area contributed by atoms with Gasteiger partial charge < -0.3 is 4.42 Å². The molecule has 0 saturated carbocycles. The average Bonchev–Trinajstić information content (AvgIpc) is 3.30. The molecule has 150 valence electrons. The van der Waals surface area contributed by atoms with Crippen LogP contribution >= 0.6 is 24.0 Å². The van der Waals surface area contributed by atoms with Crippen molar-refractivity contribution in [3.63, 3.8) is 0 Å². The Labute approximate surface area is 177 Å². The zero-order chi connectivity index (χ0) is 20.8. The van der Waals surface area contributed by atoms with Crippen molar-refractivity contribution in [3.05, 3.63) is 64.5 Å². The first-order valence-corrected chi connectivity index (χ1v) is 10.1. The van der Waals surface area contributed by atoms with E-state index >= 15 is 0 Å². The number of hydrogen-bond acceptors (Lipinski definition) is 6. The van der Waals surface area contributed by atoms with Gasteiger partial charge in [0, 0.05) is 24.6 Å². The lowest BCUT2D eigenvalue weighted by Gasteiger charge is -2.14. The molecule has 0 bridgehead atoms. The summed E-state index contributed by atoms with van der Waals surface area (Å²) in [7, 11) is 0. The van der Waals surface area contributed by atoms with Crippen molar-refractivity contribution in [2.75, 3.05) is 6.54 Å². The molecule has 1 aromatic carbocycles. The van der Waals surface area contributed by atoms with E-state index in [9.17, 15) is 14.4 Å². The Morgan fingerprint density at radius 2 is 1.97 bits per heavy atom. The third-order valence-electron chi connectivity index (χ3n) is 4.10. The first kappa shape index (κ1) is 20.8. The van der Waals surface area contributed by atoms with Crippen LogP contribution in [0.5, 0.6) is 0 Å². The lowest BCUT2D eigenvalue weighted by molar-refractivity contribution is -0.124. The van der Waals surface area contributed by atoms with Gasteiger partial charge in [0.25, 0.3) is 11.8 Å². The number of aryl methyl sites for hydroxylation is 1. The van der Waals surface area contributed by atoms with Crippen molar-refractivity contribution < 1.29 is 18.8 Å². The van der Waals surface area contributed by atoms with Crippen LogP contribution in [0.25, 0.3) is 6.08 Å². The maximum absolute atomic E-state index is 12.5. The minimum absolute atomic E-state index is 0.141. The van der Waals surface area contributed by atoms with Crippen LogP contribution in [0.4, 0.5) is 0 Å². The van der Waals surface area contributed by atoms with E-state index in [1.54, 1.807) is 30.3 Å². The van der Waals surface area contributed by atoms with Gasteiger partial charge in [-0.2, -0.15) is 0 Å². The number of carbonyl (C=O) groups excluding carboxylic acids is 3. The standard InChI is InChI=1S/C20H19N3O4S2/c1-13-6-8-14(9-7-13)18(25)22-21-17(24)5-2-10-23-19(26)16(29-20(23)28)12-15-4-3-11-27-15/h3-4,6-9,11-12H,2,5,10H2,1H3,(H,21,24)(H,22,25). The molecule has 3 amide bonds. The second kappa shape index (κ2) is 9.53. The largest absolute Gasteiger partial charge is 0.465 e. The van der Waals surface area contributed by atoms with Gasteiger partial charge >= 0.3 is 0 Å². The first-order valence-electron chi connectivity index (χ1n) is 8.89. The Bertz CT molecular complexity index is 953. The van der Waals surface area contributed by atoms with E-state index in [4.69, 9.17) is 16.6 Å². The Morgan fingerprint density at radius 3 is 2.66 bits per heavy atom. The van der Waals surface area contributed by atoms with E-state index in [0.29, 0.717) is 33.5 Å². The molecular formula is C20H19N3O4S2. The lowest BCUT2D eigenvalue weighted by Crippen LogP contribution is -2.41. The Balaban J connectivity index is 1.43. The summed E-state index contributed by atoms with van der Waals surface area (Å²) in [6, 6.07) is 10.5. The van der Waals surface area contributed by atoms with Gasteiger partial charge in [-0.15, -0.1) is 0 Å². The summed E-state index contributed by atoms with van der Waals surface area (Å²) in [5, 5.41) is 0. The van der Waals surface area contributed by atoms with Crippen molar-refractivity contribution in [1.82, 2.24) is 15.8 Å². The summed E-state index contributed by atoms with van der Waals surface area (Å²) < 4.78 is 5.66. The predicted octanol–water partition coefficient (Wildman–Crippen LogP) is 3.03. The summed E-state index contributed by atoms with van der Waals surface area (Å²) in [4.78, 5) is 38.4. The minimum Gasteiger partial charge on any atom is -0.465 e. The molecule has 29 heavy (non-hydrogen) atoms. The molecule has 1 fully saturated rings. The highest BCUT2D eigenvalue weighted by Crippen LogP contribution is 2.32. The van der Waals surface area contributed by atoms with Gasteiger partial charge in [-0.25, -0.2) is 0 Å². The first-order chi connectivity index (χ1) is 13.9. The molecule has 0 atom stereocenters. The molecule has 1 aliphatic rings. The van der Waals surface area contributed by atoms with Crippen LogP contribution in [0.1, 0.15) is 34.5 Å². The van der Waals surface area contributed by atoms with Crippen LogP contribution in [0.2, 0.25) is 0 Å². The van der Waals surface area contributed by atoms with E-state index in [1.807, 2.05) is 19.1 Å². The Hall–Kier alpha value is -2.91. The molecule has 0 spiro atoms. The number of nitrogens with one attached hydrogen (secondary N) is 2. The summed E-state index contributed by atoms with van der Waals surface area (Å²) >= 11 is 6.46. The molecule has 0 unspecified atom stereocenters. The van der Waals surface area contributed by atoms with Crippen LogP contribution < -0.4 is 10.9 Å². The molecule has 7 nitrogen and oxygen atoms in total. The van der Waals surface area contributed by atoms with Gasteiger partial charge in [0.15, 0.2) is 0 Å². The number of hydrazine groups is 1. The number of furan rings is 1. The minimum atomic E-state index is -0.390. The second-order valence-electron chi connectivity index (χ2n) is 6.32. The molecule has 0 radical (unpaired) electrons. The van der Waals surface area contributed by atoms with Crippen molar-refractivity contribution >= 4 is 52.1 Å². The Kier molecular flexibility index (Phi) is 6.84. The fraction of sp³-hybridized carbons (Fsp3) is 0.200. The number of carbonyl (C=O) groups is 3. The topological polar surface area (TPSA) is 91.7 Å². The highest BCUT2D eigenvalue weighted by atomic mass is 32.2. The highest BCUT2D eigenvalue weighted by molar-refractivity contribution is 8.26. The third kappa shape index (κ3) is 5.55. The van der Waals surface area contributed by atoms with Crippen molar-refractivity contribution in [3.8, 4) is 0 Å². The van der Waals surface area contributed by atoms with Crippen LogP contribution in [0.3, 0.4) is 0 Å². The van der Waals surface area contributed by atoms with Crippen LogP contribution in [-0.2, 0) is 9.59 Å². The Morgan fingerprint density at radius 1 is 1.21 bits per heavy atom. The maximum Gasteiger partial charge on any atom is 0.269 e. The SMILES string of the molecule is Cc1ccc(C(=O)NNC(=O)CCCN2C(=O)C(=Cc3ccco3)SC2=S)cc1. The van der Waals surface area contributed by atoms with E-state index in [-0.39, 0.29) is 18.2 Å². The molecule has 1 aliphatic heterocycles. The fourth-order valence-corrected chi connectivity index (χ4v) is 3.85. The molecule has 9 heteroatoms. The average molecular weight is 430 g/mol. The fourth-order valence-electron chi connectivity index (χ4n) is 2.56. The van der Waals surface area contributed by atoms with Gasteiger partial charge in [-0.1, -0.05) is 41.7 Å². The van der Waals surface area contributed by atoms with E-state index in [1.165, 1.54) is 22.9 Å². The number of benzene rings is 1. The predicted molar refractivity (Wildman–Crippen MR) is 115 cm³/mol. The lowest BCUT2D eigenvalue weighted by atomic mass is 10.1. The monoisotopic (exact) mass is 429 g/mol. The van der Waals surface area contributed by atoms with E-state index < -0.39 is 5.91 Å². The molecule has 1 saturated heterocycles. The third-order valence-corrected chi connectivity index (χ3v) is 5.48. The van der Waals surface area contributed by atoms with Gasteiger partial charge in [0.1, 0.15) is 10.1 Å². The molecule has 2 aromatic rings. The van der Waals surface area contributed by atoms with E-state index in [0.717, 1.165) is 5.56 Å². The van der Waals surface area contributed by atoms with Crippen molar-refractivity contribution in [2.24, 2.45) is 0 Å². The van der Waals surface area contributed by atoms with Crippen molar-refractivity contribution in [1.29, 1.82) is 0 Å². The summed E-state index contributed by atoms with van der Waals surface area (Å²) in [6.45, 7) is 2.24. The zero-order valence-electron chi connectivity index (χ0n) is 15.6. The highest BCUT2D eigenvalue weighted by Gasteiger charge is 2.31. The summed E-state index contributed by atoms with van der Waals surface area (Å²) in [5.74, 6) is -0.362. The molecular weight excluding hydrogens is 410 g/mol. The van der Waals surface area contributed by atoms with Crippen LogP contribution in [-0.4, -0.2) is 33.5 Å². The van der Waals surface area contributed by atoms with Gasteiger partial charge in [0.2, 0.25) is 5.91 Å². The molecule has 0 aliphatic carbocycles. The van der Waals surface area contributed by atoms with Gasteiger partial charge in [-0.3, -0.25) is 30.1 Å². The normalized spacial score (nSPS) is 15.1. The molecule has 2 heterocycles. The molecule has 1 aromatic heterocycles. The van der Waals surface area contributed by atoms with Crippen LogP contribution in [0.15, 0.2) is 52.0 Å². The smallest absolute Gasteiger partial charge is 0.269 e. The second-order valence-corrected chi connectivity index (χ2v) is 8.00. The number of amides is 3. The number of thioether (sulfide) groups is 1. The number of rotatable bonds is 6. The van der Waals surface area contributed by atoms with Gasteiger partial charge in [-0.05, 0) is 37.6 Å². The molecule has 3 rings (SSSR count). The number of nitrogens with zero attached hydrogens (tertiary/aromatic N) is 1. The zero-order valence-corrected chi connectivity index (χ0v) is 17.3. The van der Waals surface area contributed by atoms with Crippen LogP contribution in [0, 0.1) is 6.92 Å². The van der Waals surface area contributed by atoms with E-state index in [2.05, 4.69) is 10.9 Å². The van der Waals surface area contributed by atoms with Gasteiger partial charge in [0.05, 0.1) is 11.2 Å². The summed E-state index contributed by atoms with van der Waals surface area (Å²) in [5.41, 5.74) is 6.25. The summed E-state index contributed by atoms with van der Waals surface area (Å²) in [6.07, 6.45) is 3.73. The van der Waals surface area contributed by atoms with Crippen molar-refractivity contribution in [2.45, 2.75) is 19.8 Å². The number of thiocarbonyl (C=S) groups is 1. The number of hydrogen-bond donors (Lipinski definition) is 2.